The number of benzene rings is 2. The molecule has 0 spiro atoms. The van der Waals surface area contributed by atoms with Gasteiger partial charge in [0.2, 0.25) is 10.0 Å². The van der Waals surface area contributed by atoms with Gasteiger partial charge in [-0.1, -0.05) is 29.8 Å². The zero-order valence-corrected chi connectivity index (χ0v) is 15.4. The van der Waals surface area contributed by atoms with E-state index in [0.29, 0.717) is 12.0 Å². The van der Waals surface area contributed by atoms with Gasteiger partial charge in [-0.05, 0) is 36.2 Å². The lowest BCUT2D eigenvalue weighted by atomic mass is 10.1. The monoisotopic (exact) mass is 384 g/mol. The van der Waals surface area contributed by atoms with Crippen LogP contribution in [0.2, 0.25) is 5.02 Å². The van der Waals surface area contributed by atoms with Crippen molar-refractivity contribution in [1.82, 2.24) is 9.62 Å². The van der Waals surface area contributed by atoms with E-state index in [1.165, 1.54) is 38.4 Å². The number of sulfonamides is 1. The summed E-state index contributed by atoms with van der Waals surface area (Å²) in [6.45, 7) is 0.220. The van der Waals surface area contributed by atoms with Crippen molar-refractivity contribution in [3.05, 3.63) is 64.4 Å². The Hall–Kier alpha value is -1.96. The Morgan fingerprint density at radius 3 is 2.52 bits per heavy atom. The van der Waals surface area contributed by atoms with Gasteiger partial charge in [-0.25, -0.2) is 17.1 Å². The van der Waals surface area contributed by atoms with Crippen LogP contribution in [-0.2, 0) is 16.4 Å². The number of rotatable bonds is 6. The molecule has 1 amide bonds. The lowest BCUT2D eigenvalue weighted by Crippen LogP contribution is -2.27. The quantitative estimate of drug-likeness (QED) is 0.832. The molecule has 0 unspecified atom stereocenters. The number of halogens is 2. The average Bonchev–Trinajstić information content (AvgIpc) is 2.56. The second-order valence-corrected chi connectivity index (χ2v) is 8.06. The molecular weight excluding hydrogens is 367 g/mol. The van der Waals surface area contributed by atoms with E-state index in [0.717, 1.165) is 4.31 Å². The van der Waals surface area contributed by atoms with Crippen LogP contribution < -0.4 is 5.32 Å². The van der Waals surface area contributed by atoms with Crippen molar-refractivity contribution in [3.63, 3.8) is 0 Å². The summed E-state index contributed by atoms with van der Waals surface area (Å²) in [5, 5.41) is 2.68. The highest BCUT2D eigenvalue weighted by molar-refractivity contribution is 7.89. The van der Waals surface area contributed by atoms with Crippen LogP contribution in [0.5, 0.6) is 0 Å². The van der Waals surface area contributed by atoms with Gasteiger partial charge in [0.05, 0.1) is 5.02 Å². The number of nitrogens with zero attached hydrogens (tertiary/aromatic N) is 1. The van der Waals surface area contributed by atoms with Gasteiger partial charge in [0.25, 0.3) is 5.91 Å². The lowest BCUT2D eigenvalue weighted by molar-refractivity contribution is 0.0954. The number of carbonyl (C=O) groups is 1. The summed E-state index contributed by atoms with van der Waals surface area (Å²) in [7, 11) is -0.997. The number of hydrogen-bond acceptors (Lipinski definition) is 3. The van der Waals surface area contributed by atoms with Crippen LogP contribution in [0.1, 0.15) is 15.9 Å². The molecule has 2 rings (SSSR count). The minimum Gasteiger partial charge on any atom is -0.352 e. The predicted molar refractivity (Wildman–Crippen MR) is 94.8 cm³/mol. The van der Waals surface area contributed by atoms with E-state index in [9.17, 15) is 17.6 Å². The molecule has 0 bridgehead atoms. The molecule has 25 heavy (non-hydrogen) atoms. The Morgan fingerprint density at radius 2 is 1.88 bits per heavy atom. The Balaban J connectivity index is 2.11. The SMILES string of the molecule is CN(C)S(=O)(=O)c1cc(C(=O)NCCc2ccccc2F)ccc1Cl. The number of hydrogen-bond donors (Lipinski definition) is 1. The second kappa shape index (κ2) is 7.95. The third kappa shape index (κ3) is 4.56. The van der Waals surface area contributed by atoms with Crippen molar-refractivity contribution in [2.45, 2.75) is 11.3 Å². The van der Waals surface area contributed by atoms with E-state index < -0.39 is 15.9 Å². The first-order valence-corrected chi connectivity index (χ1v) is 9.29. The van der Waals surface area contributed by atoms with E-state index >= 15 is 0 Å². The zero-order valence-electron chi connectivity index (χ0n) is 13.8. The van der Waals surface area contributed by atoms with E-state index in [2.05, 4.69) is 5.32 Å². The molecule has 0 saturated heterocycles. The van der Waals surface area contributed by atoms with Gasteiger partial charge in [-0.15, -0.1) is 0 Å². The summed E-state index contributed by atoms with van der Waals surface area (Å²) < 4.78 is 39.0. The van der Waals surface area contributed by atoms with Crippen molar-refractivity contribution >= 4 is 27.5 Å². The number of nitrogens with one attached hydrogen (secondary N) is 1. The van der Waals surface area contributed by atoms with Gasteiger partial charge in [-0.3, -0.25) is 4.79 Å². The molecule has 0 radical (unpaired) electrons. The fraction of sp³-hybridized carbons (Fsp3) is 0.235. The van der Waals surface area contributed by atoms with Gasteiger partial charge in [0, 0.05) is 26.2 Å². The van der Waals surface area contributed by atoms with Crippen molar-refractivity contribution in [2.75, 3.05) is 20.6 Å². The Bertz CT molecular complexity index is 885. The van der Waals surface area contributed by atoms with E-state index in [4.69, 9.17) is 11.6 Å². The lowest BCUT2D eigenvalue weighted by Gasteiger charge is -2.14. The summed E-state index contributed by atoms with van der Waals surface area (Å²) in [4.78, 5) is 12.1. The maximum atomic E-state index is 13.5. The first-order chi connectivity index (χ1) is 11.7. The molecule has 0 aliphatic rings. The highest BCUT2D eigenvalue weighted by atomic mass is 35.5. The van der Waals surface area contributed by atoms with Crippen molar-refractivity contribution < 1.29 is 17.6 Å². The van der Waals surface area contributed by atoms with Gasteiger partial charge in [0.1, 0.15) is 10.7 Å². The Morgan fingerprint density at radius 1 is 1.20 bits per heavy atom. The third-order valence-corrected chi connectivity index (χ3v) is 5.89. The van der Waals surface area contributed by atoms with Crippen LogP contribution >= 0.6 is 11.6 Å². The minimum atomic E-state index is -3.76. The summed E-state index contributed by atoms with van der Waals surface area (Å²) in [6.07, 6.45) is 0.328. The fourth-order valence-electron chi connectivity index (χ4n) is 2.15. The Kier molecular flexibility index (Phi) is 6.16. The predicted octanol–water partition coefficient (Wildman–Crippen LogP) is 2.70. The smallest absolute Gasteiger partial charge is 0.251 e. The molecule has 2 aromatic carbocycles. The maximum Gasteiger partial charge on any atom is 0.251 e. The summed E-state index contributed by atoms with van der Waals surface area (Å²) in [6, 6.07) is 10.4. The van der Waals surface area contributed by atoms with E-state index in [-0.39, 0.29) is 27.8 Å². The molecule has 0 atom stereocenters. The Labute approximate surface area is 151 Å². The molecule has 0 fully saturated rings. The van der Waals surface area contributed by atoms with Crippen LogP contribution in [0, 0.1) is 5.82 Å². The molecule has 5 nitrogen and oxygen atoms in total. The van der Waals surface area contributed by atoms with Crippen molar-refractivity contribution in [1.29, 1.82) is 0 Å². The number of amides is 1. The second-order valence-electron chi connectivity index (χ2n) is 5.53. The molecule has 0 saturated carbocycles. The van der Waals surface area contributed by atoms with Crippen molar-refractivity contribution in [3.8, 4) is 0 Å². The molecule has 2 aromatic rings. The highest BCUT2D eigenvalue weighted by Gasteiger charge is 2.22. The summed E-state index contributed by atoms with van der Waals surface area (Å²) in [5.41, 5.74) is 0.660. The minimum absolute atomic E-state index is 0.0385. The first-order valence-electron chi connectivity index (χ1n) is 7.47. The third-order valence-electron chi connectivity index (χ3n) is 3.59. The average molecular weight is 385 g/mol. The topological polar surface area (TPSA) is 66.5 Å². The normalized spacial score (nSPS) is 11.6. The molecule has 134 valence electrons. The highest BCUT2D eigenvalue weighted by Crippen LogP contribution is 2.24. The summed E-state index contributed by atoms with van der Waals surface area (Å²) in [5.74, 6) is -0.786. The molecule has 1 N–H and O–H groups in total. The van der Waals surface area contributed by atoms with Crippen LogP contribution in [0.3, 0.4) is 0 Å². The maximum absolute atomic E-state index is 13.5. The van der Waals surface area contributed by atoms with Crippen LogP contribution in [0.4, 0.5) is 4.39 Å². The molecule has 0 heterocycles. The van der Waals surface area contributed by atoms with E-state index in [1.807, 2.05) is 0 Å². The largest absolute Gasteiger partial charge is 0.352 e. The zero-order chi connectivity index (χ0) is 18.6. The summed E-state index contributed by atoms with van der Waals surface area (Å²) >= 11 is 5.95. The van der Waals surface area contributed by atoms with E-state index in [1.54, 1.807) is 18.2 Å². The van der Waals surface area contributed by atoms with Gasteiger partial charge in [0.15, 0.2) is 0 Å². The molecule has 0 aliphatic carbocycles. The van der Waals surface area contributed by atoms with Crippen molar-refractivity contribution in [2.24, 2.45) is 0 Å². The fourth-order valence-corrected chi connectivity index (χ4v) is 3.55. The van der Waals surface area contributed by atoms with Crippen LogP contribution in [-0.4, -0.2) is 39.3 Å². The van der Waals surface area contributed by atoms with Gasteiger partial charge in [-0.2, -0.15) is 0 Å². The van der Waals surface area contributed by atoms with Crippen LogP contribution in [0.25, 0.3) is 0 Å². The van der Waals surface area contributed by atoms with Gasteiger partial charge >= 0.3 is 0 Å². The standard InChI is InChI=1S/C17H18ClFN2O3S/c1-21(2)25(23,24)16-11-13(7-8-14(16)18)17(22)20-10-9-12-5-3-4-6-15(12)19/h3-8,11H,9-10H2,1-2H3,(H,20,22). The number of carbonyl (C=O) groups excluding carboxylic acids is 1. The molecule has 0 aliphatic heterocycles. The van der Waals surface area contributed by atoms with Gasteiger partial charge < -0.3 is 5.32 Å². The first kappa shape index (κ1) is 19.4. The molecular formula is C17H18ClFN2O3S. The molecule has 0 aromatic heterocycles. The molecule has 8 heteroatoms. The van der Waals surface area contributed by atoms with Crippen LogP contribution in [0.15, 0.2) is 47.4 Å².